The van der Waals surface area contributed by atoms with Gasteiger partial charge in [0.1, 0.15) is 0 Å². The molecule has 0 aromatic carbocycles. The number of carbonyl (C=O) groups excluding carboxylic acids is 1. The summed E-state index contributed by atoms with van der Waals surface area (Å²) in [5.41, 5.74) is 5.86. The number of hydrogen-bond acceptors (Lipinski definition) is 2. The van der Waals surface area contributed by atoms with Crippen LogP contribution in [0.5, 0.6) is 0 Å². The maximum atomic E-state index is 11.3. The van der Waals surface area contributed by atoms with E-state index in [9.17, 15) is 4.79 Å². The lowest BCUT2D eigenvalue weighted by molar-refractivity contribution is -0.121. The first kappa shape index (κ1) is 13.2. The summed E-state index contributed by atoms with van der Waals surface area (Å²) >= 11 is 0. The van der Waals surface area contributed by atoms with E-state index < -0.39 is 0 Å². The van der Waals surface area contributed by atoms with Crippen molar-refractivity contribution in [3.8, 4) is 0 Å². The van der Waals surface area contributed by atoms with Gasteiger partial charge < -0.3 is 11.1 Å². The molecule has 0 saturated heterocycles. The Kier molecular flexibility index (Phi) is 5.46. The van der Waals surface area contributed by atoms with Gasteiger partial charge in [-0.2, -0.15) is 0 Å². The molecule has 3 heteroatoms. The Morgan fingerprint density at radius 1 is 1.57 bits per heavy atom. The molecule has 0 aliphatic heterocycles. The van der Waals surface area contributed by atoms with Gasteiger partial charge in [0.25, 0.3) is 0 Å². The van der Waals surface area contributed by atoms with Gasteiger partial charge in [-0.25, -0.2) is 0 Å². The topological polar surface area (TPSA) is 55.1 Å². The smallest absolute Gasteiger partial charge is 0.221 e. The van der Waals surface area contributed by atoms with Crippen LogP contribution in [0.25, 0.3) is 0 Å². The molecule has 3 N–H and O–H groups in total. The maximum Gasteiger partial charge on any atom is 0.221 e. The van der Waals surface area contributed by atoms with Crippen LogP contribution in [0.15, 0.2) is 12.7 Å². The highest BCUT2D eigenvalue weighted by molar-refractivity contribution is 5.76. The molecule has 0 fully saturated rings. The number of amides is 1. The van der Waals surface area contributed by atoms with E-state index in [-0.39, 0.29) is 17.4 Å². The zero-order valence-electron chi connectivity index (χ0n) is 9.47. The van der Waals surface area contributed by atoms with Gasteiger partial charge in [-0.3, -0.25) is 4.79 Å². The van der Waals surface area contributed by atoms with Crippen molar-refractivity contribution in [1.82, 2.24) is 5.32 Å². The minimum Gasteiger partial charge on any atom is -0.356 e. The molecular weight excluding hydrogens is 176 g/mol. The van der Waals surface area contributed by atoms with Crippen LogP contribution in [0.3, 0.4) is 0 Å². The summed E-state index contributed by atoms with van der Waals surface area (Å²) < 4.78 is 0. The van der Waals surface area contributed by atoms with Crippen LogP contribution in [-0.2, 0) is 4.79 Å². The van der Waals surface area contributed by atoms with Crippen molar-refractivity contribution in [3.05, 3.63) is 12.7 Å². The Bertz CT molecular complexity index is 194. The fourth-order valence-electron chi connectivity index (χ4n) is 0.892. The molecule has 14 heavy (non-hydrogen) atoms. The van der Waals surface area contributed by atoms with Gasteiger partial charge in [0.05, 0.1) is 0 Å². The summed E-state index contributed by atoms with van der Waals surface area (Å²) in [5, 5.41) is 2.80. The Balaban J connectivity index is 3.77. The quantitative estimate of drug-likeness (QED) is 0.519. The molecular formula is C11H22N2O. The van der Waals surface area contributed by atoms with Crippen molar-refractivity contribution in [3.63, 3.8) is 0 Å². The van der Waals surface area contributed by atoms with Gasteiger partial charge in [-0.15, -0.1) is 6.58 Å². The molecule has 0 heterocycles. The fraction of sp³-hybridized carbons (Fsp3) is 0.727. The molecule has 0 spiro atoms. The summed E-state index contributed by atoms with van der Waals surface area (Å²) in [5.74, 6) is 0.0225. The van der Waals surface area contributed by atoms with E-state index in [1.165, 1.54) is 0 Å². The average molecular weight is 198 g/mol. The predicted octanol–water partition coefficient (Wildman–Crippen LogP) is 1.44. The van der Waals surface area contributed by atoms with Gasteiger partial charge in [0.15, 0.2) is 0 Å². The molecule has 0 aromatic heterocycles. The summed E-state index contributed by atoms with van der Waals surface area (Å²) in [6.07, 6.45) is 2.97. The van der Waals surface area contributed by atoms with E-state index >= 15 is 0 Å². The van der Waals surface area contributed by atoms with E-state index in [0.717, 1.165) is 6.42 Å². The molecule has 1 unspecified atom stereocenters. The van der Waals surface area contributed by atoms with Crippen LogP contribution in [0.4, 0.5) is 0 Å². The van der Waals surface area contributed by atoms with Crippen LogP contribution < -0.4 is 11.1 Å². The summed E-state index contributed by atoms with van der Waals surface area (Å²) in [6.45, 7) is 10.3. The van der Waals surface area contributed by atoms with E-state index in [0.29, 0.717) is 13.0 Å². The maximum absolute atomic E-state index is 11.3. The van der Waals surface area contributed by atoms with Crippen molar-refractivity contribution < 1.29 is 4.79 Å². The number of nitrogens with one attached hydrogen (secondary N) is 1. The van der Waals surface area contributed by atoms with E-state index in [2.05, 4.69) is 11.9 Å². The highest BCUT2D eigenvalue weighted by atomic mass is 16.1. The van der Waals surface area contributed by atoms with E-state index in [1.54, 1.807) is 6.08 Å². The summed E-state index contributed by atoms with van der Waals surface area (Å²) in [6, 6.07) is -0.0915. The number of nitrogens with two attached hydrogens (primary N) is 1. The van der Waals surface area contributed by atoms with Crippen molar-refractivity contribution in [2.24, 2.45) is 11.1 Å². The normalized spacial score (nSPS) is 13.4. The molecule has 0 aromatic rings. The minimum absolute atomic E-state index is 0.0181. The Labute approximate surface area is 86.8 Å². The minimum atomic E-state index is -0.0915. The highest BCUT2D eigenvalue weighted by Gasteiger charge is 2.22. The van der Waals surface area contributed by atoms with Gasteiger partial charge in [0, 0.05) is 19.0 Å². The molecule has 0 aliphatic carbocycles. The number of carbonyl (C=O) groups is 1. The van der Waals surface area contributed by atoms with Gasteiger partial charge in [-0.05, 0) is 11.8 Å². The van der Waals surface area contributed by atoms with Crippen LogP contribution in [-0.4, -0.2) is 18.5 Å². The lowest BCUT2D eigenvalue weighted by Crippen LogP contribution is -2.40. The molecule has 0 aliphatic rings. The molecule has 0 saturated carbocycles. The van der Waals surface area contributed by atoms with Crippen LogP contribution >= 0.6 is 0 Å². The second-order valence-electron chi connectivity index (χ2n) is 4.60. The second kappa shape index (κ2) is 5.81. The van der Waals surface area contributed by atoms with Crippen LogP contribution in [0, 0.1) is 5.41 Å². The third kappa shape index (κ3) is 5.75. The highest BCUT2D eigenvalue weighted by Crippen LogP contribution is 2.19. The summed E-state index contributed by atoms with van der Waals surface area (Å²) in [4.78, 5) is 11.3. The van der Waals surface area contributed by atoms with Gasteiger partial charge in [-0.1, -0.05) is 26.8 Å². The number of rotatable bonds is 5. The third-order valence-corrected chi connectivity index (χ3v) is 2.19. The molecule has 1 atom stereocenters. The second-order valence-corrected chi connectivity index (χ2v) is 4.60. The van der Waals surface area contributed by atoms with E-state index in [1.807, 2.05) is 20.8 Å². The van der Waals surface area contributed by atoms with Crippen molar-refractivity contribution in [2.75, 3.05) is 6.54 Å². The van der Waals surface area contributed by atoms with E-state index in [4.69, 9.17) is 5.73 Å². The van der Waals surface area contributed by atoms with Crippen molar-refractivity contribution >= 4 is 5.91 Å². The van der Waals surface area contributed by atoms with Gasteiger partial charge in [0.2, 0.25) is 5.91 Å². The Morgan fingerprint density at radius 2 is 2.14 bits per heavy atom. The molecule has 1 amide bonds. The molecule has 3 nitrogen and oxygen atoms in total. The van der Waals surface area contributed by atoms with Crippen LogP contribution in [0.2, 0.25) is 0 Å². The fourth-order valence-corrected chi connectivity index (χ4v) is 0.892. The summed E-state index contributed by atoms with van der Waals surface area (Å²) in [7, 11) is 0. The molecule has 0 bridgehead atoms. The standard InChI is InChI=1S/C11H22N2O/c1-5-6-7-13-10(14)8-9(12)11(2,3)4/h5,9H,1,6-8,12H2,2-4H3,(H,13,14). The molecule has 0 rings (SSSR count). The lowest BCUT2D eigenvalue weighted by Gasteiger charge is -2.26. The predicted molar refractivity (Wildman–Crippen MR) is 59.9 cm³/mol. The first-order valence-electron chi connectivity index (χ1n) is 5.01. The number of hydrogen-bond donors (Lipinski definition) is 2. The Morgan fingerprint density at radius 3 is 2.57 bits per heavy atom. The first-order valence-corrected chi connectivity index (χ1v) is 5.01. The zero-order valence-corrected chi connectivity index (χ0v) is 9.47. The lowest BCUT2D eigenvalue weighted by atomic mass is 9.85. The van der Waals surface area contributed by atoms with Crippen molar-refractivity contribution in [1.29, 1.82) is 0 Å². The largest absolute Gasteiger partial charge is 0.356 e. The molecule has 82 valence electrons. The van der Waals surface area contributed by atoms with Crippen LogP contribution in [0.1, 0.15) is 33.6 Å². The monoisotopic (exact) mass is 198 g/mol. The van der Waals surface area contributed by atoms with Gasteiger partial charge >= 0.3 is 0 Å². The third-order valence-electron chi connectivity index (χ3n) is 2.19. The SMILES string of the molecule is C=CCCNC(=O)CC(N)C(C)(C)C. The molecule has 0 radical (unpaired) electrons. The Hall–Kier alpha value is -0.830. The zero-order chi connectivity index (χ0) is 11.2. The first-order chi connectivity index (χ1) is 6.38. The average Bonchev–Trinajstić information content (AvgIpc) is 2.03. The van der Waals surface area contributed by atoms with Crippen molar-refractivity contribution in [2.45, 2.75) is 39.7 Å².